The van der Waals surface area contributed by atoms with E-state index in [1.165, 1.54) is 0 Å². The minimum Gasteiger partial charge on any atom is -0.481 e. The molecular weight excluding hydrogens is 792 g/mol. The minimum absolute atomic E-state index is 0.0208. The molecule has 0 aromatic carbocycles. The summed E-state index contributed by atoms with van der Waals surface area (Å²) in [5, 5.41) is 24.2. The number of aliphatic carboxylic acids is 1. The Morgan fingerprint density at radius 2 is 1.56 bits per heavy atom. The fourth-order valence-electron chi connectivity index (χ4n) is 14.8. The summed E-state index contributed by atoms with van der Waals surface area (Å²) in [6.07, 6.45) is 2.10. The van der Waals surface area contributed by atoms with E-state index < -0.39 is 63.7 Å². The van der Waals surface area contributed by atoms with E-state index in [9.17, 15) is 42.3 Å². The number of esters is 1. The normalized spacial score (nSPS) is 39.4. The van der Waals surface area contributed by atoms with E-state index in [0.717, 1.165) is 56.1 Å². The van der Waals surface area contributed by atoms with Crippen molar-refractivity contribution in [1.29, 1.82) is 0 Å². The van der Waals surface area contributed by atoms with Gasteiger partial charge in [-0.2, -0.15) is 18.3 Å². The lowest BCUT2D eigenvalue weighted by Gasteiger charge is -2.72. The van der Waals surface area contributed by atoms with Crippen LogP contribution < -0.4 is 16.0 Å². The number of rotatable bonds is 8. The monoisotopic (exact) mass is 855 g/mol. The number of halogens is 3. The average Bonchev–Trinajstić information content (AvgIpc) is 3.74. The van der Waals surface area contributed by atoms with Crippen molar-refractivity contribution in [2.24, 2.45) is 62.6 Å². The van der Waals surface area contributed by atoms with E-state index in [0.29, 0.717) is 24.8 Å². The van der Waals surface area contributed by atoms with Crippen LogP contribution >= 0.6 is 0 Å². The second-order valence-corrected chi connectivity index (χ2v) is 22.3. The van der Waals surface area contributed by atoms with Crippen LogP contribution in [0, 0.1) is 62.6 Å². The maximum Gasteiger partial charge on any atom is 0.432 e. The number of Topliss-reactive ketones (excluding diaryl/α,β-unsaturated/α-hetero) is 1. The zero-order valence-corrected chi connectivity index (χ0v) is 37.1. The molecule has 10 atom stereocenters. The number of hydrogen-bond donors (Lipinski definition) is 5. The molecule has 6 aliphatic carbocycles. The molecule has 2 heterocycles. The summed E-state index contributed by atoms with van der Waals surface area (Å²) in [7, 11) is 0. The second kappa shape index (κ2) is 13.9. The summed E-state index contributed by atoms with van der Waals surface area (Å²) in [5.41, 5.74) is -3.54. The molecule has 1 aromatic rings. The first-order valence-corrected chi connectivity index (χ1v) is 22.4. The summed E-state index contributed by atoms with van der Waals surface area (Å²) >= 11 is 0. The van der Waals surface area contributed by atoms with Crippen LogP contribution in [-0.2, 0) is 30.1 Å². The van der Waals surface area contributed by atoms with Gasteiger partial charge in [-0.1, -0.05) is 62.3 Å². The van der Waals surface area contributed by atoms with Gasteiger partial charge in [0.15, 0.2) is 11.5 Å². The molecule has 8 rings (SSSR count). The predicted octanol–water partition coefficient (Wildman–Crippen LogP) is 7.01. The Morgan fingerprint density at radius 1 is 0.869 bits per heavy atom. The van der Waals surface area contributed by atoms with Gasteiger partial charge in [-0.15, -0.1) is 0 Å². The van der Waals surface area contributed by atoms with Crippen molar-refractivity contribution >= 4 is 29.5 Å². The van der Waals surface area contributed by atoms with Crippen molar-refractivity contribution in [2.45, 2.75) is 150 Å². The number of nitrogens with one attached hydrogen (secondary N) is 4. The first-order chi connectivity index (χ1) is 28.2. The Balaban J connectivity index is 1.04. The van der Waals surface area contributed by atoms with Crippen LogP contribution in [0.25, 0.3) is 0 Å². The standard InChI is InChI=1S/C46H64F3N5O7/c1-23(2)33-28(55)20-44(52-38(60)45(21-50-22-45)51-35(56)27-19-31(54-53-27)46(47,48)49)17-16-42(8)24(34(33)44)10-11-30-41(7)14-13-32(40(5,6)29(41)12-15-43(30,42)9)61-37(59)26-18-25(36(57)58)39(26,3)4/h19,23-26,29-30,32,50H,10-18,20-22H2,1-9H3,(H,51,56)(H,52,60)(H,53,54)(H,57,58)/t24-,25-,26+,29+,30-,32+,41+,42-,43-,44-/m1/s1. The molecule has 5 N–H and O–H groups in total. The number of carbonyl (C=O) groups excluding carboxylic acids is 4. The lowest BCUT2D eigenvalue weighted by atomic mass is 9.33. The first kappa shape index (κ1) is 43.9. The SMILES string of the molecule is CC(C)C1=C2[C@H]3CC[C@@H]4[C@@]5(C)CC[C@H](OC(=O)[C@@H]6C[C@H](C(=O)O)C6(C)C)C(C)(C)[C@@H]5CC[C@@]4(C)[C@]3(C)CC[C@@]2(NC(=O)C2(NC(=O)c3cc(C(F)(F)F)[nH]n3)CNC2)CC1=O. The maximum absolute atomic E-state index is 14.5. The number of allylic oxidation sites excluding steroid dienone is 1. The van der Waals surface area contributed by atoms with Gasteiger partial charge in [-0.05, 0) is 114 Å². The molecule has 336 valence electrons. The number of ketones is 1. The predicted molar refractivity (Wildman–Crippen MR) is 217 cm³/mol. The zero-order valence-electron chi connectivity index (χ0n) is 37.1. The van der Waals surface area contributed by atoms with Crippen molar-refractivity contribution in [3.63, 3.8) is 0 Å². The third-order valence-corrected chi connectivity index (χ3v) is 18.6. The molecule has 15 heteroatoms. The molecule has 2 amide bonds. The number of H-pyrrole nitrogens is 1. The number of aromatic amines is 1. The summed E-state index contributed by atoms with van der Waals surface area (Å²) in [6.45, 7) is 19.7. The zero-order chi connectivity index (χ0) is 44.7. The smallest absolute Gasteiger partial charge is 0.432 e. The highest BCUT2D eigenvalue weighted by Gasteiger charge is 2.71. The molecule has 1 saturated heterocycles. The van der Waals surface area contributed by atoms with Crippen LogP contribution in [0.15, 0.2) is 17.2 Å². The lowest BCUT2D eigenvalue weighted by Crippen LogP contribution is -2.77. The van der Waals surface area contributed by atoms with E-state index >= 15 is 0 Å². The van der Waals surface area contributed by atoms with Crippen LogP contribution in [0.2, 0.25) is 0 Å². The van der Waals surface area contributed by atoms with E-state index in [4.69, 9.17) is 4.74 Å². The van der Waals surface area contributed by atoms with Crippen LogP contribution in [0.1, 0.15) is 143 Å². The van der Waals surface area contributed by atoms with Crippen molar-refractivity contribution in [1.82, 2.24) is 26.1 Å². The fraction of sp³-hybridized carbons (Fsp3) is 0.783. The Kier molecular flexibility index (Phi) is 9.98. The maximum atomic E-state index is 14.5. The molecule has 1 aromatic heterocycles. The molecule has 0 bridgehead atoms. The van der Waals surface area contributed by atoms with Gasteiger partial charge in [0.2, 0.25) is 5.91 Å². The van der Waals surface area contributed by atoms with Crippen LogP contribution in [0.3, 0.4) is 0 Å². The molecule has 7 aliphatic rings. The Morgan fingerprint density at radius 3 is 2.13 bits per heavy atom. The molecular formula is C46H64F3N5O7. The van der Waals surface area contributed by atoms with Crippen LogP contribution in [0.5, 0.6) is 0 Å². The lowest BCUT2D eigenvalue weighted by molar-refractivity contribution is -0.235. The third kappa shape index (κ3) is 6.21. The summed E-state index contributed by atoms with van der Waals surface area (Å²) in [4.78, 5) is 67.4. The molecule has 6 fully saturated rings. The van der Waals surface area contributed by atoms with Gasteiger partial charge in [-0.3, -0.25) is 29.1 Å². The van der Waals surface area contributed by atoms with E-state index in [-0.39, 0.29) is 76.8 Å². The van der Waals surface area contributed by atoms with E-state index in [2.05, 4.69) is 55.7 Å². The van der Waals surface area contributed by atoms with Gasteiger partial charge >= 0.3 is 18.1 Å². The van der Waals surface area contributed by atoms with Gasteiger partial charge in [0.25, 0.3) is 5.91 Å². The van der Waals surface area contributed by atoms with Crippen molar-refractivity contribution in [3.8, 4) is 0 Å². The Hall–Kier alpha value is -3.75. The highest BCUT2D eigenvalue weighted by atomic mass is 19.4. The molecule has 5 saturated carbocycles. The number of fused-ring (bicyclic) bond motifs is 7. The number of carbonyl (C=O) groups is 5. The molecule has 12 nitrogen and oxygen atoms in total. The topological polar surface area (TPSA) is 180 Å². The molecule has 1 aliphatic heterocycles. The van der Waals surface area contributed by atoms with Crippen LogP contribution in [-0.4, -0.2) is 75.1 Å². The Bertz CT molecular complexity index is 2090. The number of aromatic nitrogens is 2. The van der Waals surface area contributed by atoms with Gasteiger partial charge in [0.05, 0.1) is 17.4 Å². The highest BCUT2D eigenvalue weighted by Crippen LogP contribution is 2.76. The summed E-state index contributed by atoms with van der Waals surface area (Å²) in [6, 6.07) is 0.626. The molecule has 0 radical (unpaired) electrons. The molecule has 0 unspecified atom stereocenters. The number of amides is 2. The summed E-state index contributed by atoms with van der Waals surface area (Å²) in [5.74, 6) is -2.92. The largest absolute Gasteiger partial charge is 0.481 e. The van der Waals surface area contributed by atoms with Gasteiger partial charge in [-0.25, -0.2) is 0 Å². The number of hydrogen-bond acceptors (Lipinski definition) is 8. The van der Waals surface area contributed by atoms with Crippen molar-refractivity contribution in [3.05, 3.63) is 28.6 Å². The number of ether oxygens (including phenoxy) is 1. The highest BCUT2D eigenvalue weighted by molar-refractivity contribution is 6.04. The van der Waals surface area contributed by atoms with E-state index in [1.54, 1.807) is 0 Å². The third-order valence-electron chi connectivity index (χ3n) is 18.6. The Labute approximate surface area is 356 Å². The molecule has 61 heavy (non-hydrogen) atoms. The number of carboxylic acids is 1. The van der Waals surface area contributed by atoms with Gasteiger partial charge in [0.1, 0.15) is 17.3 Å². The minimum atomic E-state index is -4.72. The van der Waals surface area contributed by atoms with Gasteiger partial charge < -0.3 is 25.8 Å². The number of alkyl halides is 3. The van der Waals surface area contributed by atoms with Crippen molar-refractivity contribution < 1.29 is 47.0 Å². The molecule has 0 spiro atoms. The fourth-order valence-corrected chi connectivity index (χ4v) is 14.8. The number of nitrogens with zero attached hydrogens (tertiary/aromatic N) is 1. The summed E-state index contributed by atoms with van der Waals surface area (Å²) < 4.78 is 46.3. The first-order valence-electron chi connectivity index (χ1n) is 22.4. The van der Waals surface area contributed by atoms with Crippen LogP contribution in [0.4, 0.5) is 13.2 Å². The van der Waals surface area contributed by atoms with Crippen molar-refractivity contribution in [2.75, 3.05) is 13.1 Å². The van der Waals surface area contributed by atoms with E-state index in [1.807, 2.05) is 32.8 Å². The van der Waals surface area contributed by atoms with Gasteiger partial charge in [0, 0.05) is 31.0 Å². The second-order valence-electron chi connectivity index (χ2n) is 22.3. The quantitative estimate of drug-likeness (QED) is 0.172. The number of carboxylic acid groups (broad SMARTS) is 1. The average molecular weight is 856 g/mol.